The minimum Gasteiger partial charge on any atom is -0.300 e. The number of benzene rings is 1. The van der Waals surface area contributed by atoms with Crippen LogP contribution in [0.4, 0.5) is 0 Å². The summed E-state index contributed by atoms with van der Waals surface area (Å²) in [5.74, 6) is -0.291. The summed E-state index contributed by atoms with van der Waals surface area (Å²) in [6, 6.07) is 7.89. The Labute approximate surface area is 98.0 Å². The highest BCUT2D eigenvalue weighted by molar-refractivity contribution is 9.10. The Kier molecular flexibility index (Phi) is 4.05. The van der Waals surface area contributed by atoms with Gasteiger partial charge in [0.2, 0.25) is 0 Å². The lowest BCUT2D eigenvalue weighted by molar-refractivity contribution is -0.117. The van der Waals surface area contributed by atoms with Gasteiger partial charge in [-0.25, -0.2) is 0 Å². The largest absolute Gasteiger partial charge is 0.300 e. The molecule has 0 radical (unpaired) electrons. The summed E-state index contributed by atoms with van der Waals surface area (Å²) in [5.41, 5.74) is 1.97. The number of halogens is 1. The third kappa shape index (κ3) is 2.90. The lowest BCUT2D eigenvalue weighted by atomic mass is 9.92. The van der Waals surface area contributed by atoms with Crippen LogP contribution in [0.1, 0.15) is 30.4 Å². The maximum absolute atomic E-state index is 11.0. The van der Waals surface area contributed by atoms with Crippen LogP contribution in [0.15, 0.2) is 22.7 Å². The van der Waals surface area contributed by atoms with Crippen molar-refractivity contribution in [3.05, 3.63) is 33.8 Å². The summed E-state index contributed by atoms with van der Waals surface area (Å²) < 4.78 is 0.976. The third-order valence-corrected chi connectivity index (χ3v) is 3.19. The average Bonchev–Trinajstić information content (AvgIpc) is 2.19. The second-order valence-corrected chi connectivity index (χ2v) is 4.40. The van der Waals surface area contributed by atoms with E-state index in [9.17, 15) is 4.79 Å². The number of carbonyl (C=O) groups excluding carboxylic acids is 1. The zero-order valence-electron chi connectivity index (χ0n) is 8.75. The summed E-state index contributed by atoms with van der Waals surface area (Å²) in [4.78, 5) is 11.0. The van der Waals surface area contributed by atoms with Crippen LogP contribution in [-0.2, 0) is 4.79 Å². The first-order valence-corrected chi connectivity index (χ1v) is 5.49. The van der Waals surface area contributed by atoms with E-state index in [-0.39, 0.29) is 18.1 Å². The lowest BCUT2D eigenvalue weighted by Crippen LogP contribution is -2.04. The number of rotatable bonds is 3. The van der Waals surface area contributed by atoms with Gasteiger partial charge in [0.15, 0.2) is 0 Å². The first-order chi connectivity index (χ1) is 7.06. The molecule has 0 aliphatic heterocycles. The van der Waals surface area contributed by atoms with Gasteiger partial charge in [0.05, 0.1) is 12.0 Å². The van der Waals surface area contributed by atoms with Crippen LogP contribution >= 0.6 is 15.9 Å². The van der Waals surface area contributed by atoms with Crippen molar-refractivity contribution in [1.29, 1.82) is 5.26 Å². The number of hydrogen-bond donors (Lipinski definition) is 0. The molecule has 15 heavy (non-hydrogen) atoms. The molecule has 0 aliphatic carbocycles. The van der Waals surface area contributed by atoms with Crippen molar-refractivity contribution in [3.8, 4) is 6.07 Å². The van der Waals surface area contributed by atoms with Gasteiger partial charge in [0.25, 0.3) is 0 Å². The Balaban J connectivity index is 3.08. The van der Waals surface area contributed by atoms with Crippen LogP contribution in [0, 0.1) is 18.3 Å². The van der Waals surface area contributed by atoms with Crippen LogP contribution in [0.3, 0.4) is 0 Å². The molecule has 1 rings (SSSR count). The van der Waals surface area contributed by atoms with Gasteiger partial charge in [-0.15, -0.1) is 0 Å². The zero-order valence-corrected chi connectivity index (χ0v) is 10.3. The summed E-state index contributed by atoms with van der Waals surface area (Å²) in [6.45, 7) is 3.46. The van der Waals surface area contributed by atoms with Crippen LogP contribution in [0.25, 0.3) is 0 Å². The van der Waals surface area contributed by atoms with Gasteiger partial charge >= 0.3 is 0 Å². The third-order valence-electron chi connectivity index (χ3n) is 2.33. The second kappa shape index (κ2) is 5.09. The van der Waals surface area contributed by atoms with Crippen molar-refractivity contribution >= 4 is 21.7 Å². The summed E-state index contributed by atoms with van der Waals surface area (Å²) in [6.07, 6.45) is 0.286. The maximum Gasteiger partial charge on any atom is 0.131 e. The SMILES string of the molecule is CC(=O)CC(C#N)c1cccc(Br)c1C. The van der Waals surface area contributed by atoms with Gasteiger partial charge in [-0.05, 0) is 31.0 Å². The minimum absolute atomic E-state index is 0.0425. The number of nitriles is 1. The molecule has 1 aromatic rings. The van der Waals surface area contributed by atoms with Crippen molar-refractivity contribution in [2.24, 2.45) is 0 Å². The molecular weight excluding hydrogens is 254 g/mol. The summed E-state index contributed by atoms with van der Waals surface area (Å²) >= 11 is 3.42. The van der Waals surface area contributed by atoms with E-state index >= 15 is 0 Å². The highest BCUT2D eigenvalue weighted by Crippen LogP contribution is 2.27. The van der Waals surface area contributed by atoms with Crippen LogP contribution in [-0.4, -0.2) is 5.78 Å². The molecule has 2 nitrogen and oxygen atoms in total. The molecule has 0 heterocycles. The highest BCUT2D eigenvalue weighted by atomic mass is 79.9. The number of ketones is 1. The van der Waals surface area contributed by atoms with E-state index in [1.807, 2.05) is 25.1 Å². The molecule has 0 aromatic heterocycles. The molecule has 0 amide bonds. The molecule has 0 aliphatic rings. The summed E-state index contributed by atoms with van der Waals surface area (Å²) in [7, 11) is 0. The quantitative estimate of drug-likeness (QED) is 0.841. The molecule has 0 saturated carbocycles. The van der Waals surface area contributed by atoms with Crippen molar-refractivity contribution < 1.29 is 4.79 Å². The molecule has 0 N–H and O–H groups in total. The predicted molar refractivity (Wildman–Crippen MR) is 62.5 cm³/mol. The molecule has 0 saturated heterocycles. The van der Waals surface area contributed by atoms with Crippen LogP contribution in [0.5, 0.6) is 0 Å². The molecule has 1 aromatic carbocycles. The van der Waals surface area contributed by atoms with E-state index in [2.05, 4.69) is 22.0 Å². The van der Waals surface area contributed by atoms with E-state index in [1.165, 1.54) is 6.92 Å². The van der Waals surface area contributed by atoms with Crippen molar-refractivity contribution in [2.75, 3.05) is 0 Å². The van der Waals surface area contributed by atoms with Gasteiger partial charge < -0.3 is 0 Å². The molecule has 0 spiro atoms. The number of Topliss-reactive ketones (excluding diaryl/α,β-unsaturated/α-hetero) is 1. The predicted octanol–water partition coefficient (Wildman–Crippen LogP) is 3.34. The van der Waals surface area contributed by atoms with Crippen molar-refractivity contribution in [2.45, 2.75) is 26.2 Å². The lowest BCUT2D eigenvalue weighted by Gasteiger charge is -2.11. The maximum atomic E-state index is 11.0. The second-order valence-electron chi connectivity index (χ2n) is 3.54. The normalized spacial score (nSPS) is 11.9. The average molecular weight is 266 g/mol. The molecule has 0 bridgehead atoms. The Morgan fingerprint density at radius 2 is 2.27 bits per heavy atom. The van der Waals surface area contributed by atoms with E-state index in [0.29, 0.717) is 0 Å². The molecule has 0 fully saturated rings. The molecule has 3 heteroatoms. The summed E-state index contributed by atoms with van der Waals surface area (Å²) in [5, 5.41) is 9.03. The first kappa shape index (κ1) is 11.9. The van der Waals surface area contributed by atoms with Crippen LogP contribution < -0.4 is 0 Å². The molecule has 78 valence electrons. The topological polar surface area (TPSA) is 40.9 Å². The van der Waals surface area contributed by atoms with E-state index < -0.39 is 0 Å². The smallest absolute Gasteiger partial charge is 0.131 e. The zero-order chi connectivity index (χ0) is 11.4. The van der Waals surface area contributed by atoms with E-state index in [0.717, 1.165) is 15.6 Å². The van der Waals surface area contributed by atoms with Gasteiger partial charge in [-0.2, -0.15) is 5.26 Å². The van der Waals surface area contributed by atoms with E-state index in [1.54, 1.807) is 0 Å². The Hall–Kier alpha value is -1.14. The number of nitrogens with zero attached hydrogens (tertiary/aromatic N) is 1. The monoisotopic (exact) mass is 265 g/mol. The fourth-order valence-corrected chi connectivity index (χ4v) is 1.90. The fourth-order valence-electron chi connectivity index (χ4n) is 1.51. The van der Waals surface area contributed by atoms with Crippen molar-refractivity contribution in [1.82, 2.24) is 0 Å². The number of carbonyl (C=O) groups is 1. The highest BCUT2D eigenvalue weighted by Gasteiger charge is 2.15. The Bertz CT molecular complexity index is 420. The van der Waals surface area contributed by atoms with Crippen molar-refractivity contribution in [3.63, 3.8) is 0 Å². The standard InChI is InChI=1S/C12H12BrNO/c1-8(15)6-10(7-14)11-4-3-5-12(13)9(11)2/h3-5,10H,6H2,1-2H3. The molecular formula is C12H12BrNO. The van der Waals surface area contributed by atoms with Crippen LogP contribution in [0.2, 0.25) is 0 Å². The Morgan fingerprint density at radius 1 is 1.60 bits per heavy atom. The van der Waals surface area contributed by atoms with Gasteiger partial charge in [-0.3, -0.25) is 4.79 Å². The first-order valence-electron chi connectivity index (χ1n) is 4.70. The van der Waals surface area contributed by atoms with Gasteiger partial charge in [0.1, 0.15) is 5.78 Å². The fraction of sp³-hybridized carbons (Fsp3) is 0.333. The Morgan fingerprint density at radius 3 is 2.80 bits per heavy atom. The minimum atomic E-state index is -0.333. The molecule has 1 unspecified atom stereocenters. The molecule has 1 atom stereocenters. The van der Waals surface area contributed by atoms with Gasteiger partial charge in [-0.1, -0.05) is 28.1 Å². The van der Waals surface area contributed by atoms with Gasteiger partial charge in [0, 0.05) is 10.9 Å². The number of hydrogen-bond acceptors (Lipinski definition) is 2. The van der Waals surface area contributed by atoms with E-state index in [4.69, 9.17) is 5.26 Å².